The van der Waals surface area contributed by atoms with E-state index in [2.05, 4.69) is 4.98 Å². The molecule has 1 saturated heterocycles. The van der Waals surface area contributed by atoms with Crippen molar-refractivity contribution in [3.05, 3.63) is 75.9 Å². The van der Waals surface area contributed by atoms with Crippen LogP contribution in [0.4, 0.5) is 13.6 Å². The molecule has 1 aliphatic heterocycles. The maximum atomic E-state index is 15.7. The van der Waals surface area contributed by atoms with Crippen molar-refractivity contribution in [3.63, 3.8) is 0 Å². The van der Waals surface area contributed by atoms with Crippen LogP contribution in [0, 0.1) is 0 Å². The number of rotatable bonds is 8. The van der Waals surface area contributed by atoms with Crippen LogP contribution in [0.5, 0.6) is 5.75 Å². The van der Waals surface area contributed by atoms with Crippen LogP contribution in [0.3, 0.4) is 0 Å². The summed E-state index contributed by atoms with van der Waals surface area (Å²) in [4.78, 5) is 29.2. The standard InChI is InChI=1S/C28H26ClF2N3O7S2/c1-16(19-5-3-4-6-20(19)29)41-23-14-24(42-25(23)26(35)40-2)34-15-32-21-8-7-17(13-22(21)34)28(30,31)43(38,39)18-9-11-33(12-10-18)27(36)37/h3-8,13-16,18H,9-12H2,1-2H3,(H,36,37)/t16-/m1/s1. The van der Waals surface area contributed by atoms with Gasteiger partial charge in [-0.3, -0.25) is 4.57 Å². The third-order valence-corrected chi connectivity index (χ3v) is 11.1. The molecule has 0 bridgehead atoms. The van der Waals surface area contributed by atoms with Crippen LogP contribution in [-0.4, -0.2) is 65.5 Å². The second kappa shape index (κ2) is 11.7. The molecule has 43 heavy (non-hydrogen) atoms. The van der Waals surface area contributed by atoms with Gasteiger partial charge in [-0.05, 0) is 44.0 Å². The van der Waals surface area contributed by atoms with Gasteiger partial charge in [0.1, 0.15) is 23.2 Å². The second-order valence-corrected chi connectivity index (χ2v) is 13.6. The largest absolute Gasteiger partial charge is 0.484 e. The van der Waals surface area contributed by atoms with Gasteiger partial charge in [0.2, 0.25) is 9.84 Å². The number of thiophene rings is 1. The summed E-state index contributed by atoms with van der Waals surface area (Å²) < 4.78 is 70.0. The average molecular weight is 654 g/mol. The summed E-state index contributed by atoms with van der Waals surface area (Å²) >= 11 is 7.29. The molecule has 3 heterocycles. The zero-order valence-corrected chi connectivity index (χ0v) is 25.3. The first kappa shape index (κ1) is 30.7. The smallest absolute Gasteiger partial charge is 0.407 e. The first-order chi connectivity index (χ1) is 20.3. The SMILES string of the molecule is COC(=O)c1sc(-n2cnc3ccc(C(F)(F)S(=O)(=O)C4CCN(C(=O)O)CC4)cc32)cc1O[C@H](C)c1ccccc1Cl. The second-order valence-electron chi connectivity index (χ2n) is 9.90. The number of carboxylic acid groups (broad SMARTS) is 1. The van der Waals surface area contributed by atoms with Crippen LogP contribution in [0.25, 0.3) is 16.0 Å². The van der Waals surface area contributed by atoms with Crippen LogP contribution in [0.15, 0.2) is 54.9 Å². The lowest BCUT2D eigenvalue weighted by Gasteiger charge is -2.31. The molecular formula is C28H26ClF2N3O7S2. The zero-order chi connectivity index (χ0) is 31.1. The summed E-state index contributed by atoms with van der Waals surface area (Å²) in [6.45, 7) is 1.45. The summed E-state index contributed by atoms with van der Waals surface area (Å²) in [6, 6.07) is 12.0. The minimum Gasteiger partial charge on any atom is -0.484 e. The van der Waals surface area contributed by atoms with Gasteiger partial charge in [-0.15, -0.1) is 11.3 Å². The molecule has 1 amide bonds. The summed E-state index contributed by atoms with van der Waals surface area (Å²) in [5.74, 6) is -0.493. The Kier molecular flexibility index (Phi) is 8.38. The molecule has 0 radical (unpaired) electrons. The van der Waals surface area contributed by atoms with E-state index in [1.54, 1.807) is 37.3 Å². The molecule has 1 atom stereocenters. The predicted octanol–water partition coefficient (Wildman–Crippen LogP) is 6.27. The minimum absolute atomic E-state index is 0.120. The van der Waals surface area contributed by atoms with E-state index >= 15 is 8.78 Å². The number of hydrogen-bond donors (Lipinski definition) is 1. The lowest BCUT2D eigenvalue weighted by molar-refractivity contribution is 0.0599. The number of fused-ring (bicyclic) bond motifs is 1. The van der Waals surface area contributed by atoms with Crippen molar-refractivity contribution in [2.24, 2.45) is 0 Å². The van der Waals surface area contributed by atoms with Crippen molar-refractivity contribution in [3.8, 4) is 10.8 Å². The molecule has 2 aromatic carbocycles. The summed E-state index contributed by atoms with van der Waals surface area (Å²) in [5.41, 5.74) is 0.418. The highest BCUT2D eigenvalue weighted by Gasteiger charge is 2.51. The number of amides is 1. The summed E-state index contributed by atoms with van der Waals surface area (Å²) in [6.07, 6.45) is -0.873. The average Bonchev–Trinajstić information content (AvgIpc) is 3.60. The first-order valence-corrected chi connectivity index (χ1v) is 15.8. The highest BCUT2D eigenvalue weighted by molar-refractivity contribution is 7.92. The quantitative estimate of drug-likeness (QED) is 0.220. The molecule has 0 saturated carbocycles. The highest BCUT2D eigenvalue weighted by Crippen LogP contribution is 2.42. The molecule has 0 spiro atoms. The Morgan fingerprint density at radius 3 is 2.51 bits per heavy atom. The van der Waals surface area contributed by atoms with Gasteiger partial charge >= 0.3 is 17.3 Å². The molecule has 4 aromatic rings. The van der Waals surface area contributed by atoms with E-state index in [0.717, 1.165) is 28.4 Å². The van der Waals surface area contributed by atoms with E-state index in [1.807, 2.05) is 0 Å². The van der Waals surface area contributed by atoms with E-state index in [4.69, 9.17) is 26.2 Å². The highest BCUT2D eigenvalue weighted by atomic mass is 35.5. The number of carbonyl (C=O) groups excluding carboxylic acids is 1. The van der Waals surface area contributed by atoms with Crippen LogP contribution in [0.2, 0.25) is 5.02 Å². The van der Waals surface area contributed by atoms with Crippen molar-refractivity contribution in [1.29, 1.82) is 0 Å². The number of imidazole rings is 1. The Labute approximate surface area is 254 Å². The minimum atomic E-state index is -5.03. The van der Waals surface area contributed by atoms with Crippen molar-refractivity contribution in [2.75, 3.05) is 20.2 Å². The van der Waals surface area contributed by atoms with Gasteiger partial charge in [0.05, 0.1) is 23.4 Å². The molecule has 1 aliphatic rings. The molecule has 10 nitrogen and oxygen atoms in total. The third-order valence-electron chi connectivity index (χ3n) is 7.33. The number of aromatic nitrogens is 2. The maximum absolute atomic E-state index is 15.7. The van der Waals surface area contributed by atoms with E-state index in [9.17, 15) is 18.0 Å². The van der Waals surface area contributed by atoms with Gasteiger partial charge in [0.15, 0.2) is 4.88 Å². The van der Waals surface area contributed by atoms with Crippen molar-refractivity contribution < 1.29 is 41.4 Å². The van der Waals surface area contributed by atoms with Gasteiger partial charge in [-0.1, -0.05) is 29.8 Å². The molecule has 5 rings (SSSR count). The van der Waals surface area contributed by atoms with Crippen molar-refractivity contribution in [1.82, 2.24) is 14.5 Å². The number of esters is 1. The number of ether oxygens (including phenoxy) is 2. The zero-order valence-electron chi connectivity index (χ0n) is 22.9. The monoisotopic (exact) mass is 653 g/mol. The number of alkyl halides is 2. The lowest BCUT2D eigenvalue weighted by Crippen LogP contribution is -2.45. The number of sulfone groups is 1. The molecular weight excluding hydrogens is 628 g/mol. The van der Waals surface area contributed by atoms with Gasteiger partial charge in [-0.2, -0.15) is 8.78 Å². The number of benzene rings is 2. The molecule has 228 valence electrons. The lowest BCUT2D eigenvalue weighted by atomic mass is 10.1. The Balaban J connectivity index is 1.49. The maximum Gasteiger partial charge on any atom is 0.407 e. The van der Waals surface area contributed by atoms with Crippen LogP contribution < -0.4 is 4.74 Å². The fourth-order valence-corrected chi connectivity index (χ4v) is 7.95. The number of methoxy groups -OCH3 is 1. The van der Waals surface area contributed by atoms with Crippen LogP contribution in [-0.2, 0) is 19.8 Å². The molecule has 0 aliphatic carbocycles. The van der Waals surface area contributed by atoms with E-state index < -0.39 is 44.1 Å². The van der Waals surface area contributed by atoms with Gasteiger partial charge in [0, 0.05) is 35.3 Å². The third kappa shape index (κ3) is 5.66. The van der Waals surface area contributed by atoms with Crippen molar-refractivity contribution in [2.45, 2.75) is 36.4 Å². The van der Waals surface area contributed by atoms with E-state index in [-0.39, 0.29) is 42.1 Å². The number of hydrogen-bond acceptors (Lipinski definition) is 8. The first-order valence-electron chi connectivity index (χ1n) is 13.1. The van der Waals surface area contributed by atoms with Gasteiger partial charge in [0.25, 0.3) is 0 Å². The Hall–Kier alpha value is -3.75. The summed E-state index contributed by atoms with van der Waals surface area (Å²) in [7, 11) is -3.81. The predicted molar refractivity (Wildman–Crippen MR) is 156 cm³/mol. The Bertz CT molecular complexity index is 1800. The fraction of sp³-hybridized carbons (Fsp3) is 0.321. The molecule has 15 heteroatoms. The number of nitrogens with zero attached hydrogens (tertiary/aromatic N) is 3. The molecule has 1 N–H and O–H groups in total. The van der Waals surface area contributed by atoms with E-state index in [0.29, 0.717) is 21.1 Å². The van der Waals surface area contributed by atoms with Crippen LogP contribution >= 0.6 is 22.9 Å². The number of likely N-dealkylation sites (tertiary alicyclic amines) is 1. The van der Waals surface area contributed by atoms with Crippen LogP contribution in [0.1, 0.15) is 46.7 Å². The van der Waals surface area contributed by atoms with E-state index in [1.165, 1.54) is 24.1 Å². The molecule has 1 fully saturated rings. The number of piperidine rings is 1. The van der Waals surface area contributed by atoms with Crippen molar-refractivity contribution >= 4 is 55.9 Å². The Morgan fingerprint density at radius 2 is 1.86 bits per heavy atom. The van der Waals surface area contributed by atoms with Gasteiger partial charge in [-0.25, -0.2) is 23.0 Å². The summed E-state index contributed by atoms with van der Waals surface area (Å²) in [5, 5.41) is 4.32. The Morgan fingerprint density at radius 1 is 1.16 bits per heavy atom. The molecule has 2 aromatic heterocycles. The fourth-order valence-electron chi connectivity index (χ4n) is 4.96. The number of halogens is 3. The van der Waals surface area contributed by atoms with Gasteiger partial charge < -0.3 is 19.5 Å². The molecule has 0 unspecified atom stereocenters. The topological polar surface area (TPSA) is 128 Å². The number of carbonyl (C=O) groups is 2. The normalized spacial score (nSPS) is 15.4.